The Kier molecular flexibility index (Phi) is 2.17. The quantitative estimate of drug-likeness (QED) is 0.627. The second-order valence-corrected chi connectivity index (χ2v) is 3.03. The van der Waals surface area contributed by atoms with E-state index in [2.05, 4.69) is 10.2 Å². The number of hydrogen-bond acceptors (Lipinski definition) is 2. The van der Waals surface area contributed by atoms with Crippen LogP contribution in [0.3, 0.4) is 0 Å². The molecule has 3 heteroatoms. The van der Waals surface area contributed by atoms with Gasteiger partial charge in [-0.05, 0) is 12.1 Å². The molecular formula is C10H11N2O. The lowest BCUT2D eigenvalue weighted by Gasteiger charge is -2.27. The molecule has 1 fully saturated rings. The van der Waals surface area contributed by atoms with Crippen LogP contribution in [-0.4, -0.2) is 25.5 Å². The number of carbonyl (C=O) groups is 1. The van der Waals surface area contributed by atoms with E-state index in [0.29, 0.717) is 13.1 Å². The van der Waals surface area contributed by atoms with Gasteiger partial charge in [0, 0.05) is 12.2 Å². The van der Waals surface area contributed by atoms with E-state index >= 15 is 0 Å². The average molecular weight is 175 g/mol. The van der Waals surface area contributed by atoms with Gasteiger partial charge in [-0.15, -0.1) is 0 Å². The highest BCUT2D eigenvalue weighted by Gasteiger charge is 2.16. The van der Waals surface area contributed by atoms with Gasteiger partial charge in [0.1, 0.15) is 0 Å². The van der Waals surface area contributed by atoms with Crippen LogP contribution in [0.4, 0.5) is 5.69 Å². The van der Waals surface area contributed by atoms with E-state index in [0.717, 1.165) is 12.2 Å². The molecule has 0 saturated carbocycles. The highest BCUT2D eigenvalue weighted by atomic mass is 16.2. The Morgan fingerprint density at radius 2 is 2.00 bits per heavy atom. The maximum atomic E-state index is 11.0. The van der Waals surface area contributed by atoms with Crippen molar-refractivity contribution in [2.24, 2.45) is 0 Å². The van der Waals surface area contributed by atoms with Gasteiger partial charge in [0.15, 0.2) is 0 Å². The van der Waals surface area contributed by atoms with Gasteiger partial charge in [0.2, 0.25) is 0 Å². The van der Waals surface area contributed by atoms with Gasteiger partial charge in [0.05, 0.1) is 13.1 Å². The van der Waals surface area contributed by atoms with E-state index in [1.54, 1.807) is 0 Å². The maximum absolute atomic E-state index is 11.0. The summed E-state index contributed by atoms with van der Waals surface area (Å²) in [6.45, 7) is 1.88. The number of amides is 1. The van der Waals surface area contributed by atoms with E-state index in [9.17, 15) is 4.79 Å². The van der Waals surface area contributed by atoms with Crippen molar-refractivity contribution < 1.29 is 4.79 Å². The molecule has 1 amide bonds. The van der Waals surface area contributed by atoms with E-state index < -0.39 is 0 Å². The molecule has 1 radical (unpaired) electrons. The molecule has 0 unspecified atom stereocenters. The predicted octanol–water partition coefficient (Wildman–Crippen LogP) is 0.638. The van der Waals surface area contributed by atoms with Gasteiger partial charge in [0.25, 0.3) is 5.91 Å². The first-order valence-electron chi connectivity index (χ1n) is 4.36. The molecule has 1 heterocycles. The largest absolute Gasteiger partial charge is 0.360 e. The number of hydrogen-bond donors (Lipinski definition) is 0. The lowest BCUT2D eigenvalue weighted by molar-refractivity contribution is -0.120. The Bertz CT molecular complexity index is 297. The topological polar surface area (TPSA) is 34.4 Å². The third-order valence-corrected chi connectivity index (χ3v) is 2.11. The number of rotatable bonds is 1. The zero-order valence-corrected chi connectivity index (χ0v) is 7.31. The monoisotopic (exact) mass is 175 g/mol. The number of piperazine rings is 1. The van der Waals surface area contributed by atoms with E-state index in [4.69, 9.17) is 0 Å². The zero-order valence-electron chi connectivity index (χ0n) is 7.31. The van der Waals surface area contributed by atoms with Crippen molar-refractivity contribution in [1.29, 1.82) is 0 Å². The summed E-state index contributed by atoms with van der Waals surface area (Å²) in [5.41, 5.74) is 1.10. The van der Waals surface area contributed by atoms with Crippen LogP contribution in [0.25, 0.3) is 0 Å². The van der Waals surface area contributed by atoms with Gasteiger partial charge in [-0.25, -0.2) is 5.32 Å². The standard InChI is InChI=1S/C10H11N2O/c13-10-8-12(7-6-11-10)9-4-2-1-3-5-9/h1-5H,6-8H2. The number of nitrogens with zero attached hydrogens (tertiary/aromatic N) is 2. The van der Waals surface area contributed by atoms with Crippen LogP contribution >= 0.6 is 0 Å². The van der Waals surface area contributed by atoms with Crippen molar-refractivity contribution in [1.82, 2.24) is 5.32 Å². The summed E-state index contributed by atoms with van der Waals surface area (Å²) in [5, 5.41) is 3.83. The molecule has 0 atom stereocenters. The maximum Gasteiger partial charge on any atom is 0.260 e. The Hall–Kier alpha value is -1.51. The van der Waals surface area contributed by atoms with Gasteiger partial charge >= 0.3 is 0 Å². The van der Waals surface area contributed by atoms with Crippen molar-refractivity contribution in [3.63, 3.8) is 0 Å². The van der Waals surface area contributed by atoms with Crippen molar-refractivity contribution in [3.8, 4) is 0 Å². The molecule has 67 valence electrons. The predicted molar refractivity (Wildman–Crippen MR) is 50.7 cm³/mol. The summed E-state index contributed by atoms with van der Waals surface area (Å²) < 4.78 is 0. The highest BCUT2D eigenvalue weighted by Crippen LogP contribution is 2.13. The van der Waals surface area contributed by atoms with Crippen molar-refractivity contribution >= 4 is 11.6 Å². The second-order valence-electron chi connectivity index (χ2n) is 3.03. The summed E-state index contributed by atoms with van der Waals surface area (Å²) in [6, 6.07) is 9.95. The Morgan fingerprint density at radius 1 is 1.23 bits per heavy atom. The minimum atomic E-state index is -0.0184. The molecular weight excluding hydrogens is 164 g/mol. The molecule has 0 bridgehead atoms. The summed E-state index contributed by atoms with van der Waals surface area (Å²) in [4.78, 5) is 13.1. The summed E-state index contributed by atoms with van der Waals surface area (Å²) in [7, 11) is 0. The molecule has 2 rings (SSSR count). The fraction of sp³-hybridized carbons (Fsp3) is 0.300. The first kappa shape index (κ1) is 8.10. The van der Waals surface area contributed by atoms with E-state index in [-0.39, 0.29) is 5.91 Å². The van der Waals surface area contributed by atoms with Gasteiger partial charge in [-0.1, -0.05) is 18.2 Å². The molecule has 0 N–H and O–H groups in total. The zero-order chi connectivity index (χ0) is 9.10. The lowest BCUT2D eigenvalue weighted by Crippen LogP contribution is -2.44. The van der Waals surface area contributed by atoms with Crippen LogP contribution < -0.4 is 10.2 Å². The molecule has 3 nitrogen and oxygen atoms in total. The van der Waals surface area contributed by atoms with Crippen LogP contribution in [0, 0.1) is 0 Å². The highest BCUT2D eigenvalue weighted by molar-refractivity contribution is 5.82. The Balaban J connectivity index is 2.13. The van der Waals surface area contributed by atoms with Crippen LogP contribution in [0.1, 0.15) is 0 Å². The van der Waals surface area contributed by atoms with Crippen LogP contribution in [0.15, 0.2) is 30.3 Å². The van der Waals surface area contributed by atoms with Gasteiger partial charge in [-0.3, -0.25) is 4.79 Å². The minimum absolute atomic E-state index is 0.0184. The third-order valence-electron chi connectivity index (χ3n) is 2.11. The van der Waals surface area contributed by atoms with Crippen LogP contribution in [0.2, 0.25) is 0 Å². The Labute approximate surface area is 77.4 Å². The molecule has 0 aromatic heterocycles. The minimum Gasteiger partial charge on any atom is -0.360 e. The smallest absolute Gasteiger partial charge is 0.260 e. The Morgan fingerprint density at radius 3 is 2.69 bits per heavy atom. The van der Waals surface area contributed by atoms with Gasteiger partial charge < -0.3 is 4.90 Å². The average Bonchev–Trinajstić information content (AvgIpc) is 2.19. The SMILES string of the molecule is O=C1CN(c2ccccc2)CC[N]1. The molecule has 0 spiro atoms. The number of anilines is 1. The fourth-order valence-corrected chi connectivity index (χ4v) is 1.45. The molecule has 1 aromatic carbocycles. The molecule has 1 aromatic rings. The van der Waals surface area contributed by atoms with E-state index in [1.807, 2.05) is 30.3 Å². The van der Waals surface area contributed by atoms with Gasteiger partial charge in [-0.2, -0.15) is 0 Å². The summed E-state index contributed by atoms with van der Waals surface area (Å²) in [6.07, 6.45) is 0. The molecule has 1 saturated heterocycles. The third kappa shape index (κ3) is 1.80. The van der Waals surface area contributed by atoms with Crippen LogP contribution in [-0.2, 0) is 4.79 Å². The van der Waals surface area contributed by atoms with Crippen molar-refractivity contribution in [2.75, 3.05) is 24.5 Å². The summed E-state index contributed by atoms with van der Waals surface area (Å²) >= 11 is 0. The first-order chi connectivity index (χ1) is 6.36. The molecule has 1 aliphatic heterocycles. The molecule has 1 aliphatic rings. The number of para-hydroxylation sites is 1. The fourth-order valence-electron chi connectivity index (χ4n) is 1.45. The number of benzene rings is 1. The second kappa shape index (κ2) is 3.47. The van der Waals surface area contributed by atoms with Crippen molar-refractivity contribution in [3.05, 3.63) is 30.3 Å². The van der Waals surface area contributed by atoms with Crippen molar-refractivity contribution in [2.45, 2.75) is 0 Å². The molecule has 0 aliphatic carbocycles. The van der Waals surface area contributed by atoms with Crippen LogP contribution in [0.5, 0.6) is 0 Å². The summed E-state index contributed by atoms with van der Waals surface area (Å²) in [5.74, 6) is -0.0184. The first-order valence-corrected chi connectivity index (χ1v) is 4.36. The normalized spacial score (nSPS) is 16.9. The number of carbonyl (C=O) groups excluding carboxylic acids is 1. The molecule has 13 heavy (non-hydrogen) atoms. The lowest BCUT2D eigenvalue weighted by atomic mass is 10.2. The van der Waals surface area contributed by atoms with E-state index in [1.165, 1.54) is 0 Å².